The maximum absolute atomic E-state index is 12.7. The summed E-state index contributed by atoms with van der Waals surface area (Å²) in [7, 11) is -2.28. The minimum Gasteiger partial charge on any atom is -0.298 e. The number of carbonyl (C=O) groups excluding carboxylic acids is 1. The summed E-state index contributed by atoms with van der Waals surface area (Å²) in [5, 5.41) is 3.27. The summed E-state index contributed by atoms with van der Waals surface area (Å²) < 4.78 is 27.2. The predicted molar refractivity (Wildman–Crippen MR) is 104 cm³/mol. The number of fused-ring (bicyclic) bond motifs is 1. The van der Waals surface area contributed by atoms with Crippen molar-refractivity contribution in [2.75, 3.05) is 12.4 Å². The van der Waals surface area contributed by atoms with E-state index in [1.54, 1.807) is 13.0 Å². The van der Waals surface area contributed by atoms with E-state index in [4.69, 9.17) is 0 Å². The van der Waals surface area contributed by atoms with Crippen LogP contribution in [0.1, 0.15) is 27.0 Å². The van der Waals surface area contributed by atoms with Gasteiger partial charge in [-0.05, 0) is 62.7 Å². The molecule has 0 radical (unpaired) electrons. The first-order valence-corrected chi connectivity index (χ1v) is 10.2. The van der Waals surface area contributed by atoms with E-state index in [2.05, 4.69) is 15.0 Å². The lowest BCUT2D eigenvalue weighted by atomic mass is 10.1. The van der Waals surface area contributed by atoms with Crippen LogP contribution in [0, 0.1) is 20.8 Å². The summed E-state index contributed by atoms with van der Waals surface area (Å²) in [5.41, 5.74) is 4.03. The third kappa shape index (κ3) is 3.48. The zero-order valence-corrected chi connectivity index (χ0v) is 16.5. The van der Waals surface area contributed by atoms with Crippen molar-refractivity contribution in [2.45, 2.75) is 25.7 Å². The molecule has 0 saturated carbocycles. The highest BCUT2D eigenvalue weighted by molar-refractivity contribution is 7.89. The molecule has 0 aliphatic heterocycles. The van der Waals surface area contributed by atoms with Crippen LogP contribution < -0.4 is 10.0 Å². The number of nitrogens with one attached hydrogen (secondary N) is 2. The van der Waals surface area contributed by atoms with Crippen LogP contribution in [0.25, 0.3) is 10.2 Å². The Bertz CT molecular complexity index is 1120. The number of anilines is 1. The monoisotopic (exact) mass is 389 g/mol. The van der Waals surface area contributed by atoms with Crippen LogP contribution in [0.5, 0.6) is 0 Å². The normalized spacial score (nSPS) is 11.7. The smallest absolute Gasteiger partial charge is 0.257 e. The van der Waals surface area contributed by atoms with E-state index in [0.29, 0.717) is 16.3 Å². The lowest BCUT2D eigenvalue weighted by molar-refractivity contribution is 0.102. The molecule has 0 aliphatic carbocycles. The second-order valence-corrected chi connectivity index (χ2v) is 9.00. The van der Waals surface area contributed by atoms with E-state index in [9.17, 15) is 13.2 Å². The molecule has 0 saturated heterocycles. The molecule has 26 heavy (non-hydrogen) atoms. The third-order valence-corrected chi connectivity index (χ3v) is 6.41. The standard InChI is InChI=1S/C18H19N3O3S2/c1-10-7-12(3)16-15(8-10)25-18(20-16)21-17(22)14-9-13(6-5-11(14)2)26(23,24)19-4/h5-9,19H,1-4H3,(H,20,21,22). The number of carbonyl (C=O) groups is 1. The molecule has 2 N–H and O–H groups in total. The van der Waals surface area contributed by atoms with Gasteiger partial charge < -0.3 is 0 Å². The van der Waals surface area contributed by atoms with Crippen molar-refractivity contribution < 1.29 is 13.2 Å². The fourth-order valence-corrected chi connectivity index (χ4v) is 4.51. The summed E-state index contributed by atoms with van der Waals surface area (Å²) in [6.45, 7) is 5.76. The number of rotatable bonds is 4. The number of hydrogen-bond acceptors (Lipinski definition) is 5. The SMILES string of the molecule is CNS(=O)(=O)c1ccc(C)c(C(=O)Nc2nc3c(C)cc(C)cc3s2)c1. The Morgan fingerprint density at radius 2 is 1.81 bits per heavy atom. The van der Waals surface area contributed by atoms with Gasteiger partial charge in [-0.3, -0.25) is 10.1 Å². The topological polar surface area (TPSA) is 88.2 Å². The molecule has 0 aliphatic rings. The largest absolute Gasteiger partial charge is 0.298 e. The zero-order chi connectivity index (χ0) is 19.1. The van der Waals surface area contributed by atoms with E-state index in [-0.39, 0.29) is 10.8 Å². The van der Waals surface area contributed by atoms with E-state index >= 15 is 0 Å². The number of sulfonamides is 1. The highest BCUT2D eigenvalue weighted by atomic mass is 32.2. The Hall–Kier alpha value is -2.29. The van der Waals surface area contributed by atoms with Crippen molar-refractivity contribution >= 4 is 42.6 Å². The summed E-state index contributed by atoms with van der Waals surface area (Å²) >= 11 is 1.40. The lowest BCUT2D eigenvalue weighted by Gasteiger charge is -2.08. The Labute approximate surface area is 156 Å². The fourth-order valence-electron chi connectivity index (χ4n) is 2.72. The highest BCUT2D eigenvalue weighted by Crippen LogP contribution is 2.29. The fraction of sp³-hybridized carbons (Fsp3) is 0.222. The number of nitrogens with zero attached hydrogens (tertiary/aromatic N) is 1. The number of thiazole rings is 1. The van der Waals surface area contributed by atoms with Gasteiger partial charge in [0.2, 0.25) is 10.0 Å². The second-order valence-electron chi connectivity index (χ2n) is 6.09. The van der Waals surface area contributed by atoms with Gasteiger partial charge in [0, 0.05) is 5.56 Å². The zero-order valence-electron chi connectivity index (χ0n) is 14.9. The van der Waals surface area contributed by atoms with Crippen LogP contribution in [-0.4, -0.2) is 26.4 Å². The third-order valence-electron chi connectivity index (χ3n) is 4.08. The van der Waals surface area contributed by atoms with Crippen LogP contribution in [0.3, 0.4) is 0 Å². The molecule has 0 fully saturated rings. The summed E-state index contributed by atoms with van der Waals surface area (Å²) in [6, 6.07) is 8.54. The first-order chi connectivity index (χ1) is 12.2. The van der Waals surface area contributed by atoms with Gasteiger partial charge in [0.05, 0.1) is 15.1 Å². The number of benzene rings is 2. The van der Waals surface area contributed by atoms with Crippen molar-refractivity contribution in [1.29, 1.82) is 0 Å². The lowest BCUT2D eigenvalue weighted by Crippen LogP contribution is -2.20. The van der Waals surface area contributed by atoms with Gasteiger partial charge in [-0.15, -0.1) is 0 Å². The van der Waals surface area contributed by atoms with Crippen LogP contribution in [-0.2, 0) is 10.0 Å². The van der Waals surface area contributed by atoms with Crippen molar-refractivity contribution in [3.05, 3.63) is 52.6 Å². The van der Waals surface area contributed by atoms with Crippen molar-refractivity contribution in [1.82, 2.24) is 9.71 Å². The highest BCUT2D eigenvalue weighted by Gasteiger charge is 2.18. The minimum atomic E-state index is -3.62. The van der Waals surface area contributed by atoms with Gasteiger partial charge in [-0.2, -0.15) is 0 Å². The Morgan fingerprint density at radius 3 is 2.50 bits per heavy atom. The first kappa shape index (κ1) is 18.5. The van der Waals surface area contributed by atoms with Crippen molar-refractivity contribution in [2.24, 2.45) is 0 Å². The van der Waals surface area contributed by atoms with Crippen LogP contribution >= 0.6 is 11.3 Å². The average molecular weight is 390 g/mol. The second kappa shape index (κ2) is 6.79. The van der Waals surface area contributed by atoms with Gasteiger partial charge in [-0.1, -0.05) is 23.5 Å². The van der Waals surface area contributed by atoms with Crippen molar-refractivity contribution in [3.8, 4) is 0 Å². The quantitative estimate of drug-likeness (QED) is 0.716. The summed E-state index contributed by atoms with van der Waals surface area (Å²) in [5.74, 6) is -0.385. The van der Waals surface area contributed by atoms with Crippen LogP contribution in [0.2, 0.25) is 0 Å². The van der Waals surface area contributed by atoms with E-state index < -0.39 is 10.0 Å². The average Bonchev–Trinajstić information content (AvgIpc) is 2.97. The molecule has 6 nitrogen and oxygen atoms in total. The Balaban J connectivity index is 1.96. The van der Waals surface area contributed by atoms with Gasteiger partial charge >= 0.3 is 0 Å². The number of aryl methyl sites for hydroxylation is 3. The summed E-state index contributed by atoms with van der Waals surface area (Å²) in [6.07, 6.45) is 0. The molecule has 3 rings (SSSR count). The van der Waals surface area contributed by atoms with Crippen LogP contribution in [0.4, 0.5) is 5.13 Å². The molecule has 0 spiro atoms. The maximum Gasteiger partial charge on any atom is 0.257 e. The van der Waals surface area contributed by atoms with Gasteiger partial charge in [-0.25, -0.2) is 18.1 Å². The van der Waals surface area contributed by atoms with Gasteiger partial charge in [0.1, 0.15) is 0 Å². The molecular formula is C18H19N3O3S2. The Kier molecular flexibility index (Phi) is 4.83. The molecule has 0 bridgehead atoms. The molecule has 0 unspecified atom stereocenters. The number of aromatic nitrogens is 1. The molecular weight excluding hydrogens is 370 g/mol. The minimum absolute atomic E-state index is 0.0477. The molecule has 0 atom stereocenters. The molecule has 1 amide bonds. The first-order valence-electron chi connectivity index (χ1n) is 7.94. The molecule has 8 heteroatoms. The van der Waals surface area contributed by atoms with E-state index in [1.807, 2.05) is 26.0 Å². The van der Waals surface area contributed by atoms with E-state index in [0.717, 1.165) is 21.3 Å². The van der Waals surface area contributed by atoms with Crippen LogP contribution in [0.15, 0.2) is 35.2 Å². The summed E-state index contributed by atoms with van der Waals surface area (Å²) in [4.78, 5) is 17.2. The molecule has 1 heterocycles. The number of amides is 1. The predicted octanol–water partition coefficient (Wildman–Crippen LogP) is 3.38. The molecule has 2 aromatic carbocycles. The van der Waals surface area contributed by atoms with E-state index in [1.165, 1.54) is 30.5 Å². The molecule has 1 aromatic heterocycles. The molecule has 136 valence electrons. The number of hydrogen-bond donors (Lipinski definition) is 2. The van der Waals surface area contributed by atoms with Gasteiger partial charge in [0.25, 0.3) is 5.91 Å². The molecule has 3 aromatic rings. The van der Waals surface area contributed by atoms with Gasteiger partial charge in [0.15, 0.2) is 5.13 Å². The van der Waals surface area contributed by atoms with Crippen molar-refractivity contribution in [3.63, 3.8) is 0 Å². The Morgan fingerprint density at radius 1 is 1.08 bits per heavy atom. The maximum atomic E-state index is 12.7.